The average molecular weight is 254 g/mol. The first-order chi connectivity index (χ1) is 8.27. The monoisotopic (exact) mass is 254 g/mol. The molecule has 3 unspecified atom stereocenters. The van der Waals surface area contributed by atoms with Crippen molar-refractivity contribution >= 4 is 5.91 Å². The number of hydrogen-bond acceptors (Lipinski definition) is 2. The van der Waals surface area contributed by atoms with Crippen LogP contribution in [0, 0.1) is 11.3 Å². The molecule has 106 valence electrons. The molecule has 0 aliphatic carbocycles. The minimum Gasteiger partial charge on any atom is -0.326 e. The summed E-state index contributed by atoms with van der Waals surface area (Å²) in [5.41, 5.74) is 0.251. The quantitative estimate of drug-likeness (QED) is 0.818. The Balaban J connectivity index is 2.59. The van der Waals surface area contributed by atoms with Gasteiger partial charge in [-0.3, -0.25) is 10.1 Å². The second-order valence-electron chi connectivity index (χ2n) is 6.80. The zero-order valence-electron chi connectivity index (χ0n) is 12.9. The standard InChI is InChI=1S/C15H30N2O/c1-7-8-9-13-14(18)17(12(3)16-13)10-11(2)15(4,5)6/h11-13,16H,7-10H2,1-6H3. The van der Waals surface area contributed by atoms with Crippen molar-refractivity contribution in [2.75, 3.05) is 6.54 Å². The number of nitrogens with one attached hydrogen (secondary N) is 1. The molecule has 0 aromatic carbocycles. The van der Waals surface area contributed by atoms with Gasteiger partial charge in [-0.15, -0.1) is 0 Å². The molecular weight excluding hydrogens is 224 g/mol. The zero-order valence-corrected chi connectivity index (χ0v) is 12.9. The average Bonchev–Trinajstić information content (AvgIpc) is 2.52. The lowest BCUT2D eigenvalue weighted by Crippen LogP contribution is -2.40. The fourth-order valence-corrected chi connectivity index (χ4v) is 2.28. The van der Waals surface area contributed by atoms with Crippen LogP contribution in [0.1, 0.15) is 60.8 Å². The van der Waals surface area contributed by atoms with Crippen LogP contribution in [0.5, 0.6) is 0 Å². The Kier molecular flexibility index (Phi) is 5.20. The molecule has 1 N–H and O–H groups in total. The lowest BCUT2D eigenvalue weighted by molar-refractivity contribution is -0.131. The van der Waals surface area contributed by atoms with E-state index in [-0.39, 0.29) is 17.6 Å². The van der Waals surface area contributed by atoms with E-state index in [4.69, 9.17) is 0 Å². The van der Waals surface area contributed by atoms with Crippen LogP contribution < -0.4 is 5.32 Å². The summed E-state index contributed by atoms with van der Waals surface area (Å²) in [5.74, 6) is 0.808. The minimum absolute atomic E-state index is 0.0483. The van der Waals surface area contributed by atoms with Crippen LogP contribution in [-0.4, -0.2) is 29.6 Å². The van der Waals surface area contributed by atoms with E-state index in [0.29, 0.717) is 11.8 Å². The van der Waals surface area contributed by atoms with E-state index in [9.17, 15) is 4.79 Å². The summed E-state index contributed by atoms with van der Waals surface area (Å²) < 4.78 is 0. The van der Waals surface area contributed by atoms with Crippen molar-refractivity contribution in [3.63, 3.8) is 0 Å². The fourth-order valence-electron chi connectivity index (χ4n) is 2.28. The van der Waals surface area contributed by atoms with E-state index in [1.54, 1.807) is 0 Å². The van der Waals surface area contributed by atoms with Gasteiger partial charge in [-0.1, -0.05) is 47.5 Å². The highest BCUT2D eigenvalue weighted by molar-refractivity contribution is 5.84. The molecule has 3 heteroatoms. The van der Waals surface area contributed by atoms with Gasteiger partial charge in [-0.05, 0) is 24.7 Å². The van der Waals surface area contributed by atoms with Gasteiger partial charge in [-0.2, -0.15) is 0 Å². The molecule has 0 saturated carbocycles. The summed E-state index contributed by atoms with van der Waals surface area (Å²) in [5, 5.41) is 3.42. The first-order valence-electron chi connectivity index (χ1n) is 7.34. The molecule has 1 amide bonds. The number of unbranched alkanes of at least 4 members (excludes halogenated alkanes) is 1. The number of rotatable bonds is 5. The summed E-state index contributed by atoms with van der Waals surface area (Å²) in [6.07, 6.45) is 3.43. The van der Waals surface area contributed by atoms with Crippen molar-refractivity contribution in [1.29, 1.82) is 0 Å². The Bertz CT molecular complexity index is 283. The molecule has 0 spiro atoms. The fraction of sp³-hybridized carbons (Fsp3) is 0.933. The first-order valence-corrected chi connectivity index (χ1v) is 7.34. The Labute approximate surface area is 112 Å². The maximum atomic E-state index is 12.3. The van der Waals surface area contributed by atoms with Crippen molar-refractivity contribution in [3.8, 4) is 0 Å². The Morgan fingerprint density at radius 3 is 2.50 bits per heavy atom. The van der Waals surface area contributed by atoms with Crippen molar-refractivity contribution in [3.05, 3.63) is 0 Å². The lowest BCUT2D eigenvalue weighted by atomic mass is 9.82. The van der Waals surface area contributed by atoms with Gasteiger partial charge in [0.05, 0.1) is 12.2 Å². The summed E-state index contributed by atoms with van der Waals surface area (Å²) >= 11 is 0. The zero-order chi connectivity index (χ0) is 13.9. The number of carbonyl (C=O) groups excluding carboxylic acids is 1. The highest BCUT2D eigenvalue weighted by Crippen LogP contribution is 2.28. The van der Waals surface area contributed by atoms with Gasteiger partial charge in [0.1, 0.15) is 0 Å². The number of amides is 1. The second kappa shape index (κ2) is 6.05. The van der Waals surface area contributed by atoms with Gasteiger partial charge < -0.3 is 4.90 Å². The normalized spacial score (nSPS) is 26.8. The van der Waals surface area contributed by atoms with Crippen LogP contribution in [0.25, 0.3) is 0 Å². The van der Waals surface area contributed by atoms with Gasteiger partial charge >= 0.3 is 0 Å². The predicted molar refractivity (Wildman–Crippen MR) is 76.2 cm³/mol. The molecule has 0 bridgehead atoms. The van der Waals surface area contributed by atoms with Crippen molar-refractivity contribution in [2.45, 2.75) is 73.0 Å². The van der Waals surface area contributed by atoms with Gasteiger partial charge in [-0.25, -0.2) is 0 Å². The maximum Gasteiger partial charge on any atom is 0.241 e. The van der Waals surface area contributed by atoms with Crippen molar-refractivity contribution in [1.82, 2.24) is 10.2 Å². The molecule has 3 nitrogen and oxygen atoms in total. The van der Waals surface area contributed by atoms with Gasteiger partial charge in [0.25, 0.3) is 0 Å². The van der Waals surface area contributed by atoms with Crippen LogP contribution in [0.15, 0.2) is 0 Å². The molecule has 1 aliphatic rings. The number of hydrogen-bond donors (Lipinski definition) is 1. The highest BCUT2D eigenvalue weighted by Gasteiger charge is 2.37. The Morgan fingerprint density at radius 1 is 1.39 bits per heavy atom. The van der Waals surface area contributed by atoms with E-state index in [1.165, 1.54) is 0 Å². The number of nitrogens with zero attached hydrogens (tertiary/aromatic N) is 1. The molecule has 1 fully saturated rings. The van der Waals surface area contributed by atoms with E-state index in [1.807, 2.05) is 4.90 Å². The number of carbonyl (C=O) groups is 1. The third-order valence-electron chi connectivity index (χ3n) is 4.29. The topological polar surface area (TPSA) is 32.3 Å². The molecular formula is C15H30N2O. The first kappa shape index (κ1) is 15.5. The van der Waals surface area contributed by atoms with Crippen LogP contribution in [0.3, 0.4) is 0 Å². The molecule has 1 heterocycles. The SMILES string of the molecule is CCCCC1NC(C)N(CC(C)C(C)(C)C)C1=O. The largest absolute Gasteiger partial charge is 0.326 e. The second-order valence-corrected chi connectivity index (χ2v) is 6.80. The van der Waals surface area contributed by atoms with E-state index < -0.39 is 0 Å². The predicted octanol–water partition coefficient (Wildman–Crippen LogP) is 3.01. The van der Waals surface area contributed by atoms with Crippen LogP contribution in [0.4, 0.5) is 0 Å². The molecule has 1 saturated heterocycles. The minimum atomic E-state index is 0.0483. The summed E-state index contributed by atoms with van der Waals surface area (Å²) in [6.45, 7) is 14.1. The van der Waals surface area contributed by atoms with Crippen molar-refractivity contribution < 1.29 is 4.79 Å². The molecule has 1 rings (SSSR count). The molecule has 0 radical (unpaired) electrons. The smallest absolute Gasteiger partial charge is 0.241 e. The van der Waals surface area contributed by atoms with Crippen LogP contribution in [0.2, 0.25) is 0 Å². The van der Waals surface area contributed by atoms with E-state index in [2.05, 4.69) is 46.9 Å². The highest BCUT2D eigenvalue weighted by atomic mass is 16.2. The summed E-state index contributed by atoms with van der Waals surface area (Å²) in [6, 6.07) is 0.0483. The molecule has 1 aliphatic heterocycles. The third kappa shape index (κ3) is 3.71. The van der Waals surface area contributed by atoms with E-state index >= 15 is 0 Å². The van der Waals surface area contributed by atoms with Crippen LogP contribution >= 0.6 is 0 Å². The molecule has 3 atom stereocenters. The molecule has 0 aromatic heterocycles. The van der Waals surface area contributed by atoms with Gasteiger partial charge in [0.15, 0.2) is 0 Å². The van der Waals surface area contributed by atoms with Gasteiger partial charge in [0, 0.05) is 6.54 Å². The Morgan fingerprint density at radius 2 is 2.00 bits per heavy atom. The molecule has 18 heavy (non-hydrogen) atoms. The maximum absolute atomic E-state index is 12.3. The van der Waals surface area contributed by atoms with Gasteiger partial charge in [0.2, 0.25) is 5.91 Å². The molecule has 0 aromatic rings. The van der Waals surface area contributed by atoms with Crippen LogP contribution in [-0.2, 0) is 4.79 Å². The third-order valence-corrected chi connectivity index (χ3v) is 4.29. The Hall–Kier alpha value is -0.570. The summed E-state index contributed by atoms with van der Waals surface area (Å²) in [7, 11) is 0. The van der Waals surface area contributed by atoms with Crippen molar-refractivity contribution in [2.24, 2.45) is 11.3 Å². The lowest BCUT2D eigenvalue weighted by Gasteiger charge is -2.32. The summed E-state index contributed by atoms with van der Waals surface area (Å²) in [4.78, 5) is 14.4. The van der Waals surface area contributed by atoms with E-state index in [0.717, 1.165) is 25.8 Å².